The molecule has 0 bridgehead atoms. The first-order valence-corrected chi connectivity index (χ1v) is 10.7. The molecule has 0 radical (unpaired) electrons. The molecule has 2 fully saturated rings. The number of nitrogens with zero attached hydrogens (tertiary/aromatic N) is 3. The van der Waals surface area contributed by atoms with Gasteiger partial charge >= 0.3 is 6.03 Å². The molecular weight excluding hydrogens is 372 g/mol. The summed E-state index contributed by atoms with van der Waals surface area (Å²) in [6.07, 6.45) is 7.63. The minimum atomic E-state index is -0.166. The van der Waals surface area contributed by atoms with Crippen LogP contribution in [0.2, 0.25) is 0 Å². The fourth-order valence-corrected chi connectivity index (χ4v) is 5.41. The number of pyridine rings is 1. The minimum absolute atomic E-state index is 0.0105. The number of hydrogen-bond donors (Lipinski definition) is 1. The highest BCUT2D eigenvalue weighted by molar-refractivity contribution is 6.04. The fourth-order valence-electron chi connectivity index (χ4n) is 5.41. The summed E-state index contributed by atoms with van der Waals surface area (Å²) < 4.78 is 0. The first-order chi connectivity index (χ1) is 14.5. The number of carbonyl (C=O) groups is 1. The van der Waals surface area contributed by atoms with Crippen LogP contribution < -0.4 is 10.2 Å². The molecule has 30 heavy (non-hydrogen) atoms. The van der Waals surface area contributed by atoms with Crippen LogP contribution in [0.4, 0.5) is 10.5 Å². The zero-order valence-corrected chi connectivity index (χ0v) is 17.6. The van der Waals surface area contributed by atoms with Crippen molar-refractivity contribution in [3.63, 3.8) is 0 Å². The molecule has 5 nitrogen and oxygen atoms in total. The van der Waals surface area contributed by atoms with E-state index in [-0.39, 0.29) is 17.1 Å². The van der Waals surface area contributed by atoms with Gasteiger partial charge in [0.25, 0.3) is 0 Å². The molecular formula is C25H28N4O. The van der Waals surface area contributed by atoms with Gasteiger partial charge in [-0.1, -0.05) is 42.5 Å². The Hall–Kier alpha value is -2.92. The van der Waals surface area contributed by atoms with Gasteiger partial charge in [-0.3, -0.25) is 14.8 Å². The number of aromatic nitrogens is 1. The second-order valence-electron chi connectivity index (χ2n) is 8.96. The van der Waals surface area contributed by atoms with Crippen LogP contribution in [0.3, 0.4) is 0 Å². The van der Waals surface area contributed by atoms with Crippen molar-refractivity contribution in [1.29, 1.82) is 0 Å². The van der Waals surface area contributed by atoms with Crippen LogP contribution in [0.15, 0.2) is 67.0 Å². The van der Waals surface area contributed by atoms with Gasteiger partial charge in [-0.25, -0.2) is 4.79 Å². The summed E-state index contributed by atoms with van der Waals surface area (Å²) in [7, 11) is 4.35. The summed E-state index contributed by atoms with van der Waals surface area (Å²) in [6.45, 7) is 0.714. The Morgan fingerprint density at radius 3 is 2.47 bits per heavy atom. The molecule has 1 aliphatic carbocycles. The normalized spacial score (nSPS) is 26.5. The third-order valence-electron chi connectivity index (χ3n) is 7.23. The van der Waals surface area contributed by atoms with Gasteiger partial charge in [-0.05, 0) is 57.5 Å². The van der Waals surface area contributed by atoms with Crippen molar-refractivity contribution in [2.24, 2.45) is 0 Å². The predicted molar refractivity (Wildman–Crippen MR) is 121 cm³/mol. The third kappa shape index (κ3) is 2.96. The monoisotopic (exact) mass is 400 g/mol. The molecule has 154 valence electrons. The summed E-state index contributed by atoms with van der Waals surface area (Å²) in [6, 6.07) is 18.9. The van der Waals surface area contributed by atoms with Crippen molar-refractivity contribution >= 4 is 22.5 Å². The van der Waals surface area contributed by atoms with Gasteiger partial charge < -0.3 is 5.32 Å². The predicted octanol–water partition coefficient (Wildman–Crippen LogP) is 4.53. The number of amides is 2. The van der Waals surface area contributed by atoms with Crippen LogP contribution in [-0.2, 0) is 5.54 Å². The standard InChI is InChI=1S/C25H28N4O/c1-28(2)25(20-8-4-3-5-9-20)14-12-24(13-15-25)18-29(23(30)27-24)22-10-6-7-19-17-26-16-11-21(19)22/h3-11,16-17H,12-15,18H2,1-2H3,(H,27,30). The van der Waals surface area contributed by atoms with E-state index < -0.39 is 0 Å². The zero-order chi connectivity index (χ0) is 20.8. The van der Waals surface area contributed by atoms with Crippen molar-refractivity contribution in [1.82, 2.24) is 15.2 Å². The summed E-state index contributed by atoms with van der Waals surface area (Å²) in [5, 5.41) is 5.49. The second-order valence-corrected chi connectivity index (χ2v) is 8.96. The Kier molecular flexibility index (Phi) is 4.51. The highest BCUT2D eigenvalue weighted by Gasteiger charge is 2.50. The highest BCUT2D eigenvalue weighted by Crippen LogP contribution is 2.46. The van der Waals surface area contributed by atoms with Crippen molar-refractivity contribution < 1.29 is 4.79 Å². The number of nitrogens with one attached hydrogen (secondary N) is 1. The van der Waals surface area contributed by atoms with Crippen LogP contribution >= 0.6 is 0 Å². The van der Waals surface area contributed by atoms with E-state index in [9.17, 15) is 4.79 Å². The lowest BCUT2D eigenvalue weighted by Crippen LogP contribution is -2.54. The number of carbonyl (C=O) groups excluding carboxylic acids is 1. The van der Waals surface area contributed by atoms with Crippen molar-refractivity contribution in [2.45, 2.75) is 36.8 Å². The molecule has 2 aromatic carbocycles. The SMILES string of the molecule is CN(C)C1(c2ccccc2)CCC2(CC1)CN(c1cccc3cnccc13)C(=O)N2. The quantitative estimate of drug-likeness (QED) is 0.702. The first kappa shape index (κ1) is 19.1. The van der Waals surface area contributed by atoms with Gasteiger partial charge in [0.05, 0.1) is 17.8 Å². The minimum Gasteiger partial charge on any atom is -0.330 e. The molecule has 0 atom stereocenters. The number of hydrogen-bond acceptors (Lipinski definition) is 3. The van der Waals surface area contributed by atoms with Crippen molar-refractivity contribution in [2.75, 3.05) is 25.5 Å². The van der Waals surface area contributed by atoms with Gasteiger partial charge in [-0.15, -0.1) is 0 Å². The van der Waals surface area contributed by atoms with Gasteiger partial charge in [0, 0.05) is 28.7 Å². The molecule has 2 heterocycles. The fraction of sp³-hybridized carbons (Fsp3) is 0.360. The van der Waals surface area contributed by atoms with Crippen LogP contribution in [0.5, 0.6) is 0 Å². The number of urea groups is 1. The van der Waals surface area contributed by atoms with E-state index in [0.29, 0.717) is 6.54 Å². The maximum Gasteiger partial charge on any atom is 0.322 e. The lowest BCUT2D eigenvalue weighted by atomic mass is 9.69. The molecule has 0 unspecified atom stereocenters. The maximum absolute atomic E-state index is 13.0. The molecule has 2 amide bonds. The van der Waals surface area contributed by atoms with Crippen molar-refractivity contribution in [3.05, 3.63) is 72.6 Å². The van der Waals surface area contributed by atoms with Gasteiger partial charge in [0.1, 0.15) is 0 Å². The van der Waals surface area contributed by atoms with E-state index in [4.69, 9.17) is 0 Å². The largest absolute Gasteiger partial charge is 0.330 e. The Labute approximate surface area is 177 Å². The Morgan fingerprint density at radius 1 is 0.967 bits per heavy atom. The van der Waals surface area contributed by atoms with Crippen LogP contribution in [0, 0.1) is 0 Å². The average molecular weight is 401 g/mol. The summed E-state index contributed by atoms with van der Waals surface area (Å²) in [5.74, 6) is 0. The molecule has 1 aromatic heterocycles. The summed E-state index contributed by atoms with van der Waals surface area (Å²) >= 11 is 0. The molecule has 1 saturated heterocycles. The number of fused-ring (bicyclic) bond motifs is 1. The average Bonchev–Trinajstić information content (AvgIpc) is 3.10. The van der Waals surface area contributed by atoms with E-state index in [2.05, 4.69) is 59.6 Å². The molecule has 5 rings (SSSR count). The Bertz CT molecular complexity index is 1070. The zero-order valence-electron chi connectivity index (χ0n) is 17.6. The van der Waals surface area contributed by atoms with E-state index in [1.807, 2.05) is 35.4 Å². The topological polar surface area (TPSA) is 48.5 Å². The summed E-state index contributed by atoms with van der Waals surface area (Å²) in [5.41, 5.74) is 2.19. The smallest absolute Gasteiger partial charge is 0.322 e. The molecule has 1 N–H and O–H groups in total. The lowest BCUT2D eigenvalue weighted by Gasteiger charge is -2.48. The Morgan fingerprint density at radius 2 is 1.73 bits per heavy atom. The van der Waals surface area contributed by atoms with Crippen molar-refractivity contribution in [3.8, 4) is 0 Å². The van der Waals surface area contributed by atoms with E-state index in [1.54, 1.807) is 6.20 Å². The second kappa shape index (κ2) is 7.10. The van der Waals surface area contributed by atoms with E-state index in [1.165, 1.54) is 5.56 Å². The lowest BCUT2D eigenvalue weighted by molar-refractivity contribution is 0.0658. The molecule has 5 heteroatoms. The van der Waals surface area contributed by atoms with Crippen LogP contribution in [0.1, 0.15) is 31.2 Å². The van der Waals surface area contributed by atoms with Gasteiger partial charge in [0.2, 0.25) is 0 Å². The van der Waals surface area contributed by atoms with Gasteiger partial charge in [0.15, 0.2) is 0 Å². The molecule has 3 aromatic rings. The van der Waals surface area contributed by atoms with E-state index in [0.717, 1.165) is 42.1 Å². The highest BCUT2D eigenvalue weighted by atomic mass is 16.2. The molecule has 1 aliphatic heterocycles. The van der Waals surface area contributed by atoms with Crippen LogP contribution in [0.25, 0.3) is 10.8 Å². The molecule has 2 aliphatic rings. The molecule has 1 saturated carbocycles. The summed E-state index contributed by atoms with van der Waals surface area (Å²) in [4.78, 5) is 21.6. The van der Waals surface area contributed by atoms with Crippen LogP contribution in [-0.4, -0.2) is 42.1 Å². The Balaban J connectivity index is 1.42. The maximum atomic E-state index is 13.0. The number of benzene rings is 2. The number of anilines is 1. The van der Waals surface area contributed by atoms with Gasteiger partial charge in [-0.2, -0.15) is 0 Å². The third-order valence-corrected chi connectivity index (χ3v) is 7.23. The first-order valence-electron chi connectivity index (χ1n) is 10.7. The number of rotatable bonds is 3. The van der Waals surface area contributed by atoms with E-state index >= 15 is 0 Å². The molecule has 1 spiro atoms.